The molecule has 2 N–H and O–H groups in total. The van der Waals surface area contributed by atoms with Gasteiger partial charge in [0.25, 0.3) is 0 Å². The molecule has 0 fully saturated rings. The van der Waals surface area contributed by atoms with Crippen molar-refractivity contribution < 1.29 is 4.42 Å². The number of hydrogen-bond acceptors (Lipinski definition) is 4. The summed E-state index contributed by atoms with van der Waals surface area (Å²) in [5.74, 6) is 1.42. The number of aryl methyl sites for hydroxylation is 1. The molecule has 19 heavy (non-hydrogen) atoms. The van der Waals surface area contributed by atoms with Crippen molar-refractivity contribution >= 4 is 17.1 Å². The average Bonchev–Trinajstić information content (AvgIpc) is 2.95. The molecule has 5 nitrogen and oxygen atoms in total. The fourth-order valence-corrected chi connectivity index (χ4v) is 2.35. The van der Waals surface area contributed by atoms with Crippen LogP contribution >= 0.6 is 0 Å². The Morgan fingerprint density at radius 3 is 3.05 bits per heavy atom. The molecule has 1 atom stereocenters. The SMILES string of the molecule is Cc1cnc2c(c1)nc(N)n2C(C)Cc1ccco1. The minimum absolute atomic E-state index is 0.145. The zero-order valence-electron chi connectivity index (χ0n) is 11.0. The van der Waals surface area contributed by atoms with Gasteiger partial charge in [-0.05, 0) is 37.6 Å². The quantitative estimate of drug-likeness (QED) is 0.782. The first-order valence-corrected chi connectivity index (χ1v) is 6.27. The van der Waals surface area contributed by atoms with Crippen molar-refractivity contribution in [1.82, 2.24) is 14.5 Å². The van der Waals surface area contributed by atoms with Gasteiger partial charge in [-0.25, -0.2) is 9.97 Å². The summed E-state index contributed by atoms with van der Waals surface area (Å²) >= 11 is 0. The highest BCUT2D eigenvalue weighted by molar-refractivity contribution is 5.74. The molecule has 0 amide bonds. The molecular formula is C14H16N4O. The van der Waals surface area contributed by atoms with Crippen LogP contribution in [0.1, 0.15) is 24.3 Å². The van der Waals surface area contributed by atoms with Crippen LogP contribution in [0.3, 0.4) is 0 Å². The Balaban J connectivity index is 2.01. The molecule has 0 spiro atoms. The van der Waals surface area contributed by atoms with Gasteiger partial charge in [0, 0.05) is 18.7 Å². The number of hydrogen-bond donors (Lipinski definition) is 1. The van der Waals surface area contributed by atoms with Gasteiger partial charge in [0.15, 0.2) is 5.65 Å². The molecule has 5 heteroatoms. The van der Waals surface area contributed by atoms with E-state index >= 15 is 0 Å². The Labute approximate surface area is 111 Å². The highest BCUT2D eigenvalue weighted by Gasteiger charge is 2.16. The van der Waals surface area contributed by atoms with E-state index in [9.17, 15) is 0 Å². The second kappa shape index (κ2) is 4.42. The standard InChI is InChI=1S/C14H16N4O/c1-9-6-12-13(16-8-9)18(14(15)17-12)10(2)7-11-4-3-5-19-11/h3-6,8,10H,7H2,1-2H3,(H2,15,17). The lowest BCUT2D eigenvalue weighted by atomic mass is 10.2. The molecule has 0 aliphatic rings. The van der Waals surface area contributed by atoms with Crippen LogP contribution in [-0.4, -0.2) is 14.5 Å². The number of nitrogens with zero attached hydrogens (tertiary/aromatic N) is 3. The molecule has 3 heterocycles. The van der Waals surface area contributed by atoms with Gasteiger partial charge in [0.2, 0.25) is 5.95 Å². The highest BCUT2D eigenvalue weighted by Crippen LogP contribution is 2.24. The molecule has 0 aliphatic carbocycles. The van der Waals surface area contributed by atoms with E-state index in [1.807, 2.05) is 35.9 Å². The van der Waals surface area contributed by atoms with E-state index < -0.39 is 0 Å². The second-order valence-corrected chi connectivity index (χ2v) is 4.83. The third-order valence-corrected chi connectivity index (χ3v) is 3.21. The molecule has 1 unspecified atom stereocenters. The zero-order chi connectivity index (χ0) is 13.4. The smallest absolute Gasteiger partial charge is 0.202 e. The molecule has 98 valence electrons. The van der Waals surface area contributed by atoms with Gasteiger partial charge in [0.1, 0.15) is 11.3 Å². The van der Waals surface area contributed by atoms with Gasteiger partial charge in [-0.1, -0.05) is 0 Å². The molecule has 0 saturated carbocycles. The maximum atomic E-state index is 6.01. The van der Waals surface area contributed by atoms with E-state index in [1.54, 1.807) is 6.26 Å². The van der Waals surface area contributed by atoms with Crippen LogP contribution in [0, 0.1) is 6.92 Å². The maximum Gasteiger partial charge on any atom is 0.202 e. The Morgan fingerprint density at radius 2 is 2.32 bits per heavy atom. The fourth-order valence-electron chi connectivity index (χ4n) is 2.35. The molecule has 0 aromatic carbocycles. The van der Waals surface area contributed by atoms with E-state index in [4.69, 9.17) is 10.2 Å². The minimum atomic E-state index is 0.145. The summed E-state index contributed by atoms with van der Waals surface area (Å²) in [6, 6.07) is 5.99. The van der Waals surface area contributed by atoms with E-state index in [0.29, 0.717) is 5.95 Å². The monoisotopic (exact) mass is 256 g/mol. The third kappa shape index (κ3) is 2.07. The summed E-state index contributed by atoms with van der Waals surface area (Å²) in [6.45, 7) is 4.08. The predicted molar refractivity (Wildman–Crippen MR) is 73.8 cm³/mol. The lowest BCUT2D eigenvalue weighted by Crippen LogP contribution is -2.11. The summed E-state index contributed by atoms with van der Waals surface area (Å²) in [5.41, 5.74) is 8.75. The van der Waals surface area contributed by atoms with E-state index in [1.165, 1.54) is 0 Å². The van der Waals surface area contributed by atoms with Gasteiger partial charge in [-0.15, -0.1) is 0 Å². The van der Waals surface area contributed by atoms with Gasteiger partial charge in [-0.3, -0.25) is 4.57 Å². The average molecular weight is 256 g/mol. The number of nitrogens with two attached hydrogens (primary N) is 1. The van der Waals surface area contributed by atoms with Crippen LogP contribution in [0.5, 0.6) is 0 Å². The van der Waals surface area contributed by atoms with Gasteiger partial charge < -0.3 is 10.2 Å². The molecule has 3 aromatic heterocycles. The van der Waals surface area contributed by atoms with Crippen molar-refractivity contribution in [3.8, 4) is 0 Å². The number of pyridine rings is 1. The Hall–Kier alpha value is -2.30. The Kier molecular flexibility index (Phi) is 2.74. The van der Waals surface area contributed by atoms with Crippen LogP contribution in [-0.2, 0) is 6.42 Å². The largest absolute Gasteiger partial charge is 0.469 e. The van der Waals surface area contributed by atoms with Crippen molar-refractivity contribution in [2.45, 2.75) is 26.3 Å². The topological polar surface area (TPSA) is 69.9 Å². The molecule has 3 rings (SSSR count). The Bertz CT molecular complexity index is 700. The molecule has 0 bridgehead atoms. The summed E-state index contributed by atoms with van der Waals surface area (Å²) in [7, 11) is 0. The molecule has 3 aromatic rings. The Morgan fingerprint density at radius 1 is 1.47 bits per heavy atom. The van der Waals surface area contributed by atoms with E-state index in [-0.39, 0.29) is 6.04 Å². The van der Waals surface area contributed by atoms with Crippen molar-refractivity contribution in [3.63, 3.8) is 0 Å². The van der Waals surface area contributed by atoms with Crippen LogP contribution in [0.15, 0.2) is 35.1 Å². The summed E-state index contributed by atoms with van der Waals surface area (Å²) in [6.07, 6.45) is 4.27. The van der Waals surface area contributed by atoms with Crippen LogP contribution in [0.2, 0.25) is 0 Å². The normalized spacial score (nSPS) is 12.9. The summed E-state index contributed by atoms with van der Waals surface area (Å²) in [4.78, 5) is 8.81. The number of fused-ring (bicyclic) bond motifs is 1. The minimum Gasteiger partial charge on any atom is -0.469 e. The van der Waals surface area contributed by atoms with Crippen molar-refractivity contribution in [1.29, 1.82) is 0 Å². The molecule has 0 saturated heterocycles. The molecular weight excluding hydrogens is 240 g/mol. The maximum absolute atomic E-state index is 6.01. The number of anilines is 1. The second-order valence-electron chi connectivity index (χ2n) is 4.83. The number of furan rings is 1. The number of rotatable bonds is 3. The molecule has 0 aliphatic heterocycles. The first-order valence-electron chi connectivity index (χ1n) is 6.27. The van der Waals surface area contributed by atoms with E-state index in [0.717, 1.165) is 28.9 Å². The summed E-state index contributed by atoms with van der Waals surface area (Å²) in [5, 5.41) is 0. The number of nitrogen functional groups attached to an aromatic ring is 1. The van der Waals surface area contributed by atoms with Crippen molar-refractivity contribution in [2.75, 3.05) is 5.73 Å². The lowest BCUT2D eigenvalue weighted by molar-refractivity contribution is 0.455. The predicted octanol–water partition coefficient (Wildman–Crippen LogP) is 2.72. The zero-order valence-corrected chi connectivity index (χ0v) is 11.0. The number of aromatic nitrogens is 3. The molecule has 0 radical (unpaired) electrons. The van der Waals surface area contributed by atoms with Crippen molar-refractivity contribution in [2.24, 2.45) is 0 Å². The third-order valence-electron chi connectivity index (χ3n) is 3.21. The van der Waals surface area contributed by atoms with Gasteiger partial charge in [0.05, 0.1) is 6.26 Å². The first kappa shape index (κ1) is 11.8. The van der Waals surface area contributed by atoms with Crippen LogP contribution < -0.4 is 5.73 Å². The van der Waals surface area contributed by atoms with E-state index in [2.05, 4.69) is 16.9 Å². The highest BCUT2D eigenvalue weighted by atomic mass is 16.3. The first-order chi connectivity index (χ1) is 9.15. The van der Waals surface area contributed by atoms with Crippen LogP contribution in [0.25, 0.3) is 11.2 Å². The fraction of sp³-hybridized carbons (Fsp3) is 0.286. The van der Waals surface area contributed by atoms with Gasteiger partial charge in [-0.2, -0.15) is 0 Å². The van der Waals surface area contributed by atoms with Crippen LogP contribution in [0.4, 0.5) is 5.95 Å². The lowest BCUT2D eigenvalue weighted by Gasteiger charge is -2.14. The van der Waals surface area contributed by atoms with Gasteiger partial charge >= 0.3 is 0 Å². The number of imidazole rings is 1. The summed E-state index contributed by atoms with van der Waals surface area (Å²) < 4.78 is 7.33. The van der Waals surface area contributed by atoms with Crippen molar-refractivity contribution in [3.05, 3.63) is 42.0 Å².